The van der Waals surface area contributed by atoms with Gasteiger partial charge in [0.05, 0.1) is 6.26 Å². The topological polar surface area (TPSA) is 49.4 Å². The van der Waals surface area contributed by atoms with E-state index in [0.29, 0.717) is 12.6 Å². The molecule has 4 nitrogen and oxygen atoms in total. The third-order valence-corrected chi connectivity index (χ3v) is 4.71. The lowest BCUT2D eigenvalue weighted by molar-refractivity contribution is 0.255. The monoisotopic (exact) mass is 288 g/mol. The Labute approximate surface area is 113 Å². The molecule has 2 heterocycles. The van der Waals surface area contributed by atoms with E-state index >= 15 is 0 Å². The minimum atomic E-state index is -3.04. The highest BCUT2D eigenvalue weighted by Gasteiger charge is 2.25. The number of sulfonamides is 1. The average molecular weight is 288 g/mol. The molecule has 1 atom stereocenters. The van der Waals surface area contributed by atoms with Crippen molar-refractivity contribution in [3.63, 3.8) is 0 Å². The van der Waals surface area contributed by atoms with Crippen LogP contribution in [0.15, 0.2) is 16.8 Å². The van der Waals surface area contributed by atoms with Gasteiger partial charge in [0, 0.05) is 12.6 Å². The number of rotatable bonds is 6. The van der Waals surface area contributed by atoms with Crippen LogP contribution in [0.5, 0.6) is 0 Å². The van der Waals surface area contributed by atoms with Crippen LogP contribution in [-0.4, -0.2) is 39.2 Å². The van der Waals surface area contributed by atoms with E-state index in [9.17, 15) is 8.42 Å². The number of nitrogens with zero attached hydrogens (tertiary/aromatic N) is 1. The van der Waals surface area contributed by atoms with Gasteiger partial charge in [0.1, 0.15) is 0 Å². The molecule has 1 N–H and O–H groups in total. The van der Waals surface area contributed by atoms with E-state index in [0.717, 1.165) is 19.5 Å². The molecule has 0 amide bonds. The van der Waals surface area contributed by atoms with E-state index in [4.69, 9.17) is 0 Å². The molecule has 6 heteroatoms. The van der Waals surface area contributed by atoms with Gasteiger partial charge in [0.2, 0.25) is 10.0 Å². The van der Waals surface area contributed by atoms with Crippen LogP contribution in [0.25, 0.3) is 0 Å². The summed E-state index contributed by atoms with van der Waals surface area (Å²) in [5.41, 5.74) is 1.41. The smallest absolute Gasteiger partial charge is 0.208 e. The van der Waals surface area contributed by atoms with Gasteiger partial charge in [-0.3, -0.25) is 4.90 Å². The van der Waals surface area contributed by atoms with Gasteiger partial charge < -0.3 is 0 Å². The molecule has 0 spiro atoms. The first-order valence-corrected chi connectivity index (χ1v) is 9.10. The van der Waals surface area contributed by atoms with Crippen LogP contribution >= 0.6 is 11.3 Å². The Morgan fingerprint density at radius 1 is 1.56 bits per heavy atom. The van der Waals surface area contributed by atoms with Gasteiger partial charge in [-0.15, -0.1) is 0 Å². The van der Waals surface area contributed by atoms with Crippen molar-refractivity contribution in [2.75, 3.05) is 25.9 Å². The van der Waals surface area contributed by atoms with E-state index in [1.807, 2.05) is 0 Å². The van der Waals surface area contributed by atoms with Gasteiger partial charge in [0.25, 0.3) is 0 Å². The molecule has 1 fully saturated rings. The maximum absolute atomic E-state index is 11.0. The molecule has 18 heavy (non-hydrogen) atoms. The first-order chi connectivity index (χ1) is 8.56. The predicted octanol–water partition coefficient (Wildman–Crippen LogP) is 1.82. The van der Waals surface area contributed by atoms with Crippen LogP contribution in [0.3, 0.4) is 0 Å². The first kappa shape index (κ1) is 14.0. The summed E-state index contributed by atoms with van der Waals surface area (Å²) in [4.78, 5) is 2.46. The molecule has 102 valence electrons. The lowest BCUT2D eigenvalue weighted by atomic mass is 10.1. The fourth-order valence-corrected chi connectivity index (χ4v) is 3.70. The summed E-state index contributed by atoms with van der Waals surface area (Å²) >= 11 is 1.74. The Hall–Kier alpha value is -0.430. The van der Waals surface area contributed by atoms with Gasteiger partial charge >= 0.3 is 0 Å². The Balaban J connectivity index is 1.79. The summed E-state index contributed by atoms with van der Waals surface area (Å²) in [5.74, 6) is 0. The Morgan fingerprint density at radius 2 is 2.39 bits per heavy atom. The minimum Gasteiger partial charge on any atom is -0.296 e. The van der Waals surface area contributed by atoms with Gasteiger partial charge in [0.15, 0.2) is 0 Å². The van der Waals surface area contributed by atoms with Gasteiger partial charge in [-0.25, -0.2) is 13.1 Å². The van der Waals surface area contributed by atoms with Crippen LogP contribution in [0.1, 0.15) is 30.9 Å². The van der Waals surface area contributed by atoms with Crippen molar-refractivity contribution in [1.82, 2.24) is 9.62 Å². The van der Waals surface area contributed by atoms with Crippen molar-refractivity contribution in [3.8, 4) is 0 Å². The molecule has 0 aliphatic carbocycles. The summed E-state index contributed by atoms with van der Waals surface area (Å²) in [7, 11) is -3.04. The molecule has 1 aromatic heterocycles. The molecule has 0 saturated carbocycles. The van der Waals surface area contributed by atoms with Crippen molar-refractivity contribution in [2.45, 2.75) is 25.3 Å². The fraction of sp³-hybridized carbons (Fsp3) is 0.667. The standard InChI is InChI=1S/C12H20N2O2S2/c1-18(15,16)13-6-3-8-14-7-2-4-12(14)11-5-9-17-10-11/h5,9-10,12-13H,2-4,6-8H2,1H3/t12-/m0/s1. The van der Waals surface area contributed by atoms with E-state index in [1.165, 1.54) is 24.7 Å². The van der Waals surface area contributed by atoms with E-state index < -0.39 is 10.0 Å². The minimum absolute atomic E-state index is 0.533. The molecule has 0 aromatic carbocycles. The Morgan fingerprint density at radius 3 is 3.06 bits per heavy atom. The molecule has 1 aliphatic heterocycles. The Bertz CT molecular complexity index is 456. The maximum Gasteiger partial charge on any atom is 0.208 e. The highest BCUT2D eigenvalue weighted by Crippen LogP contribution is 2.32. The second-order valence-corrected chi connectivity index (χ2v) is 7.38. The van der Waals surface area contributed by atoms with Crippen LogP contribution in [0.2, 0.25) is 0 Å². The molecule has 0 radical (unpaired) electrons. The quantitative estimate of drug-likeness (QED) is 0.812. The summed E-state index contributed by atoms with van der Waals surface area (Å²) in [6.45, 7) is 2.62. The van der Waals surface area contributed by atoms with Crippen LogP contribution in [-0.2, 0) is 10.0 Å². The lowest BCUT2D eigenvalue weighted by Gasteiger charge is -2.23. The third kappa shape index (κ3) is 4.05. The van der Waals surface area contributed by atoms with Crippen molar-refractivity contribution in [3.05, 3.63) is 22.4 Å². The zero-order valence-electron chi connectivity index (χ0n) is 10.6. The highest BCUT2D eigenvalue weighted by atomic mass is 32.2. The SMILES string of the molecule is CS(=O)(=O)NCCCN1CCC[C@H]1c1ccsc1. The Kier molecular flexibility index (Phi) is 4.77. The number of hydrogen-bond acceptors (Lipinski definition) is 4. The normalized spacial score (nSPS) is 21.5. The van der Waals surface area contributed by atoms with E-state index in [1.54, 1.807) is 11.3 Å². The maximum atomic E-state index is 11.0. The highest BCUT2D eigenvalue weighted by molar-refractivity contribution is 7.88. The van der Waals surface area contributed by atoms with Crippen LogP contribution < -0.4 is 4.72 Å². The summed E-state index contributed by atoms with van der Waals surface area (Å²) in [6, 6.07) is 2.73. The summed E-state index contributed by atoms with van der Waals surface area (Å²) in [6.07, 6.45) is 4.53. The molecule has 0 unspecified atom stereocenters. The van der Waals surface area contributed by atoms with Crippen LogP contribution in [0, 0.1) is 0 Å². The predicted molar refractivity (Wildman–Crippen MR) is 75.3 cm³/mol. The third-order valence-electron chi connectivity index (χ3n) is 3.28. The summed E-state index contributed by atoms with van der Waals surface area (Å²) < 4.78 is 24.5. The van der Waals surface area contributed by atoms with Gasteiger partial charge in [-0.2, -0.15) is 11.3 Å². The van der Waals surface area contributed by atoms with E-state index in [-0.39, 0.29) is 0 Å². The van der Waals surface area contributed by atoms with Gasteiger partial charge in [-0.05, 0) is 54.7 Å². The van der Waals surface area contributed by atoms with Crippen molar-refractivity contribution < 1.29 is 8.42 Å². The van der Waals surface area contributed by atoms with Crippen molar-refractivity contribution in [1.29, 1.82) is 0 Å². The average Bonchev–Trinajstić information content (AvgIpc) is 2.93. The van der Waals surface area contributed by atoms with Gasteiger partial charge in [-0.1, -0.05) is 0 Å². The number of nitrogens with one attached hydrogen (secondary N) is 1. The zero-order chi connectivity index (χ0) is 13.0. The first-order valence-electron chi connectivity index (χ1n) is 6.27. The van der Waals surface area contributed by atoms with E-state index in [2.05, 4.69) is 26.4 Å². The number of thiophene rings is 1. The molecule has 1 aromatic rings. The number of likely N-dealkylation sites (tertiary alicyclic amines) is 1. The zero-order valence-corrected chi connectivity index (χ0v) is 12.3. The molecule has 1 saturated heterocycles. The van der Waals surface area contributed by atoms with Crippen LogP contribution in [0.4, 0.5) is 0 Å². The number of hydrogen-bond donors (Lipinski definition) is 1. The molecule has 1 aliphatic rings. The lowest BCUT2D eigenvalue weighted by Crippen LogP contribution is -2.29. The molecule has 0 bridgehead atoms. The van der Waals surface area contributed by atoms with Crippen molar-refractivity contribution in [2.24, 2.45) is 0 Å². The second-order valence-electron chi connectivity index (χ2n) is 4.77. The van der Waals surface area contributed by atoms with Crippen molar-refractivity contribution >= 4 is 21.4 Å². The molecular formula is C12H20N2O2S2. The largest absolute Gasteiger partial charge is 0.296 e. The summed E-state index contributed by atoms with van der Waals surface area (Å²) in [5, 5.41) is 4.34. The fourth-order valence-electron chi connectivity index (χ4n) is 2.48. The molecular weight excluding hydrogens is 268 g/mol. The molecule has 2 rings (SSSR count). The second kappa shape index (κ2) is 6.14.